The van der Waals surface area contributed by atoms with Crippen molar-refractivity contribution in [2.24, 2.45) is 5.73 Å². The van der Waals surface area contributed by atoms with Crippen LogP contribution in [-0.4, -0.2) is 27.6 Å². The lowest BCUT2D eigenvalue weighted by Gasteiger charge is -2.01. The van der Waals surface area contributed by atoms with Gasteiger partial charge < -0.3 is 10.8 Å². The van der Waals surface area contributed by atoms with Gasteiger partial charge in [0, 0.05) is 17.2 Å². The second-order valence-corrected chi connectivity index (χ2v) is 3.91. The summed E-state index contributed by atoms with van der Waals surface area (Å²) in [4.78, 5) is 18.0. The summed E-state index contributed by atoms with van der Waals surface area (Å²) in [6, 6.07) is 7.89. The van der Waals surface area contributed by atoms with Crippen LogP contribution >= 0.6 is 0 Å². The van der Waals surface area contributed by atoms with Crippen molar-refractivity contribution in [3.8, 4) is 0 Å². The Bertz CT molecular complexity index is 678. The Labute approximate surface area is 123 Å². The molecular weight excluding hydrogens is 266 g/mol. The summed E-state index contributed by atoms with van der Waals surface area (Å²) in [7, 11) is 0. The number of aliphatic carboxylic acids is 1. The smallest absolute Gasteiger partial charge is 0.317 e. The molecule has 0 spiro atoms. The van der Waals surface area contributed by atoms with Gasteiger partial charge in [-0.2, -0.15) is 0 Å². The van der Waals surface area contributed by atoms with Gasteiger partial charge in [0.05, 0.1) is 12.1 Å². The first-order valence-electron chi connectivity index (χ1n) is 6.21. The van der Waals surface area contributed by atoms with Gasteiger partial charge in [-0.3, -0.25) is 4.79 Å². The van der Waals surface area contributed by atoms with Crippen LogP contribution < -0.4 is 5.73 Å². The molecule has 0 aliphatic rings. The van der Waals surface area contributed by atoms with Crippen LogP contribution in [0.15, 0.2) is 61.8 Å². The third kappa shape index (κ3) is 5.00. The minimum atomic E-state index is -0.968. The second-order valence-electron chi connectivity index (χ2n) is 3.91. The van der Waals surface area contributed by atoms with E-state index in [-0.39, 0.29) is 6.54 Å². The van der Waals surface area contributed by atoms with E-state index >= 15 is 0 Å². The first-order chi connectivity index (χ1) is 10.1. The summed E-state index contributed by atoms with van der Waals surface area (Å²) < 4.78 is 0. The molecular formula is C16H17N3O2. The number of nitrogens with two attached hydrogens (primary N) is 1. The van der Waals surface area contributed by atoms with E-state index in [2.05, 4.69) is 28.9 Å². The molecule has 0 saturated heterocycles. The minimum absolute atomic E-state index is 0.278. The molecule has 21 heavy (non-hydrogen) atoms. The number of nitrogens with zero attached hydrogens (tertiary/aromatic N) is 2. The Hall–Kier alpha value is -2.79. The molecule has 5 nitrogen and oxygen atoms in total. The summed E-state index contributed by atoms with van der Waals surface area (Å²) in [6.45, 7) is 7.12. The number of hydrogen-bond acceptors (Lipinski definition) is 4. The lowest BCUT2D eigenvalue weighted by Crippen LogP contribution is -2.10. The van der Waals surface area contributed by atoms with Crippen molar-refractivity contribution in [3.63, 3.8) is 0 Å². The maximum Gasteiger partial charge on any atom is 0.317 e. The normalized spacial score (nSPS) is 10.4. The van der Waals surface area contributed by atoms with Crippen LogP contribution in [0.5, 0.6) is 0 Å². The van der Waals surface area contributed by atoms with Crippen molar-refractivity contribution in [1.29, 1.82) is 0 Å². The summed E-state index contributed by atoms with van der Waals surface area (Å²) in [5, 5.41) is 8.63. The minimum Gasteiger partial charge on any atom is -0.480 e. The zero-order valence-electron chi connectivity index (χ0n) is 11.6. The standard InChI is InChI=1S/C14H12N2.C2H5NO2/c1-3-7-11(4-2)14-15-10-12-8-5-6-9-13(12)16-14;3-1-2(4)5/h3-10H,1-2H2;1,3H2,(H,4,5)/b11-7+;. The van der Waals surface area contributed by atoms with E-state index < -0.39 is 5.97 Å². The summed E-state index contributed by atoms with van der Waals surface area (Å²) in [6.07, 6.45) is 7.09. The van der Waals surface area contributed by atoms with Crippen LogP contribution in [0.4, 0.5) is 0 Å². The number of para-hydroxylation sites is 1. The van der Waals surface area contributed by atoms with E-state index in [1.807, 2.05) is 36.5 Å². The fourth-order valence-corrected chi connectivity index (χ4v) is 1.47. The van der Waals surface area contributed by atoms with Gasteiger partial charge in [0.15, 0.2) is 5.82 Å². The lowest BCUT2D eigenvalue weighted by atomic mass is 10.2. The highest BCUT2D eigenvalue weighted by Crippen LogP contribution is 2.15. The lowest BCUT2D eigenvalue weighted by molar-refractivity contribution is -0.135. The second kappa shape index (κ2) is 8.39. The first kappa shape index (κ1) is 16.3. The summed E-state index contributed by atoms with van der Waals surface area (Å²) >= 11 is 0. The van der Waals surface area contributed by atoms with E-state index in [0.717, 1.165) is 16.5 Å². The van der Waals surface area contributed by atoms with E-state index in [1.165, 1.54) is 0 Å². The number of aromatic nitrogens is 2. The van der Waals surface area contributed by atoms with Gasteiger partial charge in [-0.25, -0.2) is 9.97 Å². The van der Waals surface area contributed by atoms with Gasteiger partial charge in [-0.05, 0) is 6.07 Å². The van der Waals surface area contributed by atoms with Crippen molar-refractivity contribution >= 4 is 22.4 Å². The Balaban J connectivity index is 0.000000383. The maximum absolute atomic E-state index is 9.24. The van der Waals surface area contributed by atoms with E-state index in [0.29, 0.717) is 5.82 Å². The number of hydrogen-bond donors (Lipinski definition) is 2. The Morgan fingerprint density at radius 2 is 2.00 bits per heavy atom. The topological polar surface area (TPSA) is 89.1 Å². The third-order valence-corrected chi connectivity index (χ3v) is 2.44. The fraction of sp³-hybridized carbons (Fsp3) is 0.0625. The zero-order chi connectivity index (χ0) is 15.7. The average Bonchev–Trinajstić information content (AvgIpc) is 2.52. The highest BCUT2D eigenvalue weighted by molar-refractivity contribution is 5.80. The van der Waals surface area contributed by atoms with Gasteiger partial charge in [0.25, 0.3) is 0 Å². The van der Waals surface area contributed by atoms with Crippen LogP contribution in [0.1, 0.15) is 5.82 Å². The molecule has 2 rings (SSSR count). The highest BCUT2D eigenvalue weighted by Gasteiger charge is 2.01. The van der Waals surface area contributed by atoms with Crippen molar-refractivity contribution in [1.82, 2.24) is 9.97 Å². The molecule has 0 atom stereocenters. The zero-order valence-corrected chi connectivity index (χ0v) is 11.6. The molecule has 0 saturated carbocycles. The fourth-order valence-electron chi connectivity index (χ4n) is 1.47. The predicted octanol–water partition coefficient (Wildman–Crippen LogP) is 2.41. The average molecular weight is 283 g/mol. The van der Waals surface area contributed by atoms with Crippen LogP contribution in [0.25, 0.3) is 16.5 Å². The number of allylic oxidation sites excluding steroid dienone is 4. The third-order valence-electron chi connectivity index (χ3n) is 2.44. The van der Waals surface area contributed by atoms with Crippen molar-refractivity contribution in [2.45, 2.75) is 0 Å². The monoisotopic (exact) mass is 283 g/mol. The van der Waals surface area contributed by atoms with Crippen molar-refractivity contribution in [2.75, 3.05) is 6.54 Å². The number of benzene rings is 1. The van der Waals surface area contributed by atoms with Gasteiger partial charge in [-0.1, -0.05) is 49.6 Å². The van der Waals surface area contributed by atoms with E-state index in [1.54, 1.807) is 12.2 Å². The van der Waals surface area contributed by atoms with Crippen molar-refractivity contribution in [3.05, 3.63) is 67.7 Å². The molecule has 0 amide bonds. The van der Waals surface area contributed by atoms with E-state index in [4.69, 9.17) is 5.11 Å². The molecule has 0 aliphatic carbocycles. The molecule has 0 unspecified atom stereocenters. The molecule has 0 fully saturated rings. The molecule has 2 aromatic rings. The molecule has 108 valence electrons. The maximum atomic E-state index is 9.24. The number of carbonyl (C=O) groups is 1. The van der Waals surface area contributed by atoms with Crippen LogP contribution in [0, 0.1) is 0 Å². The number of fused-ring (bicyclic) bond motifs is 1. The largest absolute Gasteiger partial charge is 0.480 e. The van der Waals surface area contributed by atoms with Crippen LogP contribution in [0.3, 0.4) is 0 Å². The highest BCUT2D eigenvalue weighted by atomic mass is 16.4. The Morgan fingerprint density at radius 3 is 2.57 bits per heavy atom. The van der Waals surface area contributed by atoms with Crippen molar-refractivity contribution < 1.29 is 9.90 Å². The summed E-state index contributed by atoms with van der Waals surface area (Å²) in [5.41, 5.74) is 6.38. The molecule has 3 N–H and O–H groups in total. The number of rotatable bonds is 4. The molecule has 1 aromatic heterocycles. The van der Waals surface area contributed by atoms with E-state index in [9.17, 15) is 4.79 Å². The Morgan fingerprint density at radius 1 is 1.33 bits per heavy atom. The predicted molar refractivity (Wildman–Crippen MR) is 84.6 cm³/mol. The Kier molecular flexibility index (Phi) is 6.50. The molecule has 1 heterocycles. The summed E-state index contributed by atoms with van der Waals surface area (Å²) in [5.74, 6) is -0.293. The quantitative estimate of drug-likeness (QED) is 0.841. The van der Waals surface area contributed by atoms with Gasteiger partial charge >= 0.3 is 5.97 Å². The molecule has 0 radical (unpaired) electrons. The molecule has 5 heteroatoms. The number of carboxylic acid groups (broad SMARTS) is 1. The van der Waals surface area contributed by atoms with Crippen LogP contribution in [0.2, 0.25) is 0 Å². The van der Waals surface area contributed by atoms with Gasteiger partial charge in [0.1, 0.15) is 0 Å². The number of carboxylic acids is 1. The van der Waals surface area contributed by atoms with Crippen LogP contribution in [-0.2, 0) is 4.79 Å². The SMILES string of the molecule is C=C/C=C(\C=C)c1ncc2ccccc2n1.NCC(=O)O. The molecule has 1 aromatic carbocycles. The molecule has 0 bridgehead atoms. The van der Waals surface area contributed by atoms with Gasteiger partial charge in [-0.15, -0.1) is 0 Å². The molecule has 0 aliphatic heterocycles. The van der Waals surface area contributed by atoms with Gasteiger partial charge in [0.2, 0.25) is 0 Å². The first-order valence-corrected chi connectivity index (χ1v) is 6.21.